The van der Waals surface area contributed by atoms with E-state index in [0.717, 1.165) is 77.0 Å². The second-order valence-corrected chi connectivity index (χ2v) is 16.5. The van der Waals surface area contributed by atoms with Crippen LogP contribution in [-0.2, 0) is 14.3 Å². The summed E-state index contributed by atoms with van der Waals surface area (Å²) in [6, 6.07) is -0.701. The van der Waals surface area contributed by atoms with Gasteiger partial charge in [-0.1, -0.05) is 205 Å². The molecule has 6 heteroatoms. The molecule has 1 amide bonds. The van der Waals surface area contributed by atoms with Gasteiger partial charge in [0, 0.05) is 6.42 Å². The molecule has 328 valence electrons. The lowest BCUT2D eigenvalue weighted by atomic mass is 10.0. The number of ether oxygens (including phenoxy) is 1. The predicted octanol–water partition coefficient (Wildman–Crippen LogP) is 14.1. The summed E-state index contributed by atoms with van der Waals surface area (Å²) in [7, 11) is 0. The van der Waals surface area contributed by atoms with E-state index in [4.69, 9.17) is 4.74 Å². The minimum atomic E-state index is -0.786. The molecule has 0 rings (SSSR count). The summed E-state index contributed by atoms with van der Waals surface area (Å²) in [6.45, 7) is 6.43. The molecule has 0 aliphatic heterocycles. The Morgan fingerprint density at radius 1 is 0.518 bits per heavy atom. The molecule has 0 spiro atoms. The van der Waals surface area contributed by atoms with Gasteiger partial charge in [-0.15, -0.1) is 0 Å². The van der Waals surface area contributed by atoms with Crippen LogP contribution in [0.1, 0.15) is 245 Å². The Kier molecular flexibility index (Phi) is 42.7. The number of rotatable bonds is 43. The van der Waals surface area contributed by atoms with Crippen LogP contribution < -0.4 is 5.32 Å². The molecule has 0 saturated carbocycles. The van der Waals surface area contributed by atoms with Crippen molar-refractivity contribution in [2.45, 2.75) is 264 Å². The molecule has 0 fully saturated rings. The lowest BCUT2D eigenvalue weighted by Crippen LogP contribution is -2.46. The Labute approximate surface area is 347 Å². The van der Waals surface area contributed by atoms with Gasteiger partial charge in [0.1, 0.15) is 6.10 Å². The zero-order chi connectivity index (χ0) is 41.0. The molecule has 0 aliphatic rings. The van der Waals surface area contributed by atoms with Gasteiger partial charge < -0.3 is 20.3 Å². The van der Waals surface area contributed by atoms with Crippen molar-refractivity contribution >= 4 is 11.9 Å². The molecule has 3 unspecified atom stereocenters. The Bertz CT molecular complexity index is 930. The molecule has 6 nitrogen and oxygen atoms in total. The van der Waals surface area contributed by atoms with Gasteiger partial charge in [0.15, 0.2) is 0 Å². The van der Waals surface area contributed by atoms with Crippen LogP contribution >= 0.6 is 0 Å². The van der Waals surface area contributed by atoms with E-state index in [9.17, 15) is 19.8 Å². The van der Waals surface area contributed by atoms with Crippen LogP contribution in [-0.4, -0.2) is 46.9 Å². The van der Waals surface area contributed by atoms with Crippen molar-refractivity contribution in [1.82, 2.24) is 5.32 Å². The smallest absolute Gasteiger partial charge is 0.306 e. The topological polar surface area (TPSA) is 95.9 Å². The zero-order valence-electron chi connectivity index (χ0n) is 37.3. The number of carbonyl (C=O) groups is 2. The summed E-state index contributed by atoms with van der Waals surface area (Å²) in [5, 5.41) is 23.6. The molecule has 0 bridgehead atoms. The van der Waals surface area contributed by atoms with Gasteiger partial charge >= 0.3 is 5.97 Å². The summed E-state index contributed by atoms with van der Waals surface area (Å²) in [6.07, 6.45) is 50.6. The summed E-state index contributed by atoms with van der Waals surface area (Å²) in [5.74, 6) is -0.494. The maximum atomic E-state index is 13.1. The van der Waals surface area contributed by atoms with Crippen LogP contribution in [0, 0.1) is 0 Å². The molecule has 0 aromatic carbocycles. The summed E-state index contributed by atoms with van der Waals surface area (Å²) < 4.78 is 5.90. The number of aliphatic hydroxyl groups is 2. The normalized spacial score (nSPS) is 13.6. The Hall–Kier alpha value is -1.92. The molecular weight excluding hydrogens is 695 g/mol. The molecule has 0 aliphatic carbocycles. The van der Waals surface area contributed by atoms with Crippen molar-refractivity contribution in [3.8, 4) is 0 Å². The number of esters is 1. The quantitative estimate of drug-likeness (QED) is 0.0325. The average Bonchev–Trinajstić information content (AvgIpc) is 3.19. The maximum absolute atomic E-state index is 13.1. The highest BCUT2D eigenvalue weighted by molar-refractivity contribution is 5.77. The van der Waals surface area contributed by atoms with E-state index in [0.29, 0.717) is 19.3 Å². The lowest BCUT2D eigenvalue weighted by Gasteiger charge is -2.24. The van der Waals surface area contributed by atoms with Crippen LogP contribution in [0.15, 0.2) is 36.5 Å². The van der Waals surface area contributed by atoms with Crippen molar-refractivity contribution in [1.29, 1.82) is 0 Å². The first kappa shape index (κ1) is 54.1. The number of hydrogen-bond donors (Lipinski definition) is 3. The number of carbonyl (C=O) groups excluding carboxylic acids is 2. The molecule has 0 radical (unpaired) electrons. The van der Waals surface area contributed by atoms with Gasteiger partial charge in [-0.05, 0) is 64.2 Å². The average molecular weight is 788 g/mol. The van der Waals surface area contributed by atoms with Crippen LogP contribution in [0.4, 0.5) is 0 Å². The monoisotopic (exact) mass is 788 g/mol. The first-order chi connectivity index (χ1) is 27.5. The third kappa shape index (κ3) is 38.9. The third-order valence-corrected chi connectivity index (χ3v) is 11.0. The van der Waals surface area contributed by atoms with E-state index in [2.05, 4.69) is 62.5 Å². The van der Waals surface area contributed by atoms with Gasteiger partial charge in [-0.2, -0.15) is 0 Å². The Balaban J connectivity index is 4.55. The van der Waals surface area contributed by atoms with Gasteiger partial charge in [-0.25, -0.2) is 0 Å². The van der Waals surface area contributed by atoms with E-state index >= 15 is 0 Å². The molecule has 3 atom stereocenters. The maximum Gasteiger partial charge on any atom is 0.306 e. The van der Waals surface area contributed by atoms with Crippen LogP contribution in [0.2, 0.25) is 0 Å². The first-order valence-corrected chi connectivity index (χ1v) is 24.2. The largest absolute Gasteiger partial charge is 0.462 e. The third-order valence-electron chi connectivity index (χ3n) is 11.0. The van der Waals surface area contributed by atoms with Crippen LogP contribution in [0.25, 0.3) is 0 Å². The Morgan fingerprint density at radius 2 is 0.911 bits per heavy atom. The van der Waals surface area contributed by atoms with Crippen molar-refractivity contribution < 1.29 is 24.5 Å². The molecule has 0 saturated heterocycles. The SMILES string of the molecule is CCCCC/C=C\C/C=C\C/C=C\CCCCCCC(=O)OC(CCCCCCCCCCCC)CC(=O)NC(CO)C(O)CCCCCCCCCCCC. The minimum absolute atomic E-state index is 0.0713. The summed E-state index contributed by atoms with van der Waals surface area (Å²) >= 11 is 0. The van der Waals surface area contributed by atoms with E-state index < -0.39 is 18.2 Å². The standard InChI is InChI=1S/C50H93NO5/c1-4-7-10-13-16-19-22-23-24-25-26-27-28-31-34-37-40-43-50(55)56-46(41-38-35-32-29-20-17-14-11-8-5-2)44-49(54)51-47(45-52)48(53)42-39-36-33-30-21-18-15-12-9-6-3/h16,19,23-24,26-27,46-48,52-53H,4-15,17-18,20-22,25,28-45H2,1-3H3,(H,51,54)/b19-16-,24-23-,27-26-. The minimum Gasteiger partial charge on any atom is -0.462 e. The fraction of sp³-hybridized carbons (Fsp3) is 0.840. The predicted molar refractivity (Wildman–Crippen MR) is 241 cm³/mol. The number of nitrogens with one attached hydrogen (secondary N) is 1. The lowest BCUT2D eigenvalue weighted by molar-refractivity contribution is -0.151. The molecular formula is C50H93NO5. The second-order valence-electron chi connectivity index (χ2n) is 16.5. The van der Waals surface area contributed by atoms with Gasteiger partial charge in [0.05, 0.1) is 25.2 Å². The van der Waals surface area contributed by atoms with E-state index in [1.165, 1.54) is 122 Å². The fourth-order valence-electron chi connectivity index (χ4n) is 7.26. The molecule has 3 N–H and O–H groups in total. The van der Waals surface area contributed by atoms with Crippen molar-refractivity contribution in [2.24, 2.45) is 0 Å². The van der Waals surface area contributed by atoms with Gasteiger partial charge in [0.2, 0.25) is 5.91 Å². The van der Waals surface area contributed by atoms with Crippen molar-refractivity contribution in [2.75, 3.05) is 6.61 Å². The van der Waals surface area contributed by atoms with Crippen molar-refractivity contribution in [3.05, 3.63) is 36.5 Å². The highest BCUT2D eigenvalue weighted by Gasteiger charge is 2.24. The van der Waals surface area contributed by atoms with E-state index in [1.54, 1.807) is 0 Å². The zero-order valence-corrected chi connectivity index (χ0v) is 37.3. The number of amides is 1. The van der Waals surface area contributed by atoms with Gasteiger partial charge in [0.25, 0.3) is 0 Å². The highest BCUT2D eigenvalue weighted by atomic mass is 16.5. The Morgan fingerprint density at radius 3 is 1.41 bits per heavy atom. The van der Waals surface area contributed by atoms with E-state index in [-0.39, 0.29) is 24.9 Å². The summed E-state index contributed by atoms with van der Waals surface area (Å²) in [5.41, 5.74) is 0. The van der Waals surface area contributed by atoms with Crippen LogP contribution in [0.3, 0.4) is 0 Å². The van der Waals surface area contributed by atoms with Gasteiger partial charge in [-0.3, -0.25) is 9.59 Å². The molecule has 0 aromatic rings. The number of hydrogen-bond acceptors (Lipinski definition) is 5. The molecule has 0 heterocycles. The molecule has 0 aromatic heterocycles. The second kappa shape index (κ2) is 44.2. The number of allylic oxidation sites excluding steroid dienone is 6. The van der Waals surface area contributed by atoms with Crippen molar-refractivity contribution in [3.63, 3.8) is 0 Å². The first-order valence-electron chi connectivity index (χ1n) is 24.2. The highest BCUT2D eigenvalue weighted by Crippen LogP contribution is 2.18. The fourth-order valence-corrected chi connectivity index (χ4v) is 7.26. The van der Waals surface area contributed by atoms with Crippen LogP contribution in [0.5, 0.6) is 0 Å². The number of aliphatic hydroxyl groups excluding tert-OH is 2. The number of unbranched alkanes of at least 4 members (excludes halogenated alkanes) is 25. The molecule has 56 heavy (non-hydrogen) atoms. The summed E-state index contributed by atoms with van der Waals surface area (Å²) in [4.78, 5) is 26.0. The van der Waals surface area contributed by atoms with E-state index in [1.807, 2.05) is 0 Å².